The van der Waals surface area contributed by atoms with Crippen LogP contribution in [0.3, 0.4) is 0 Å². The van der Waals surface area contributed by atoms with Crippen LogP contribution in [0, 0.1) is 11.3 Å². The number of carbonyl (C=O) groups excluding carboxylic acids is 1. The van der Waals surface area contributed by atoms with Crippen LogP contribution in [0.25, 0.3) is 10.9 Å². The summed E-state index contributed by atoms with van der Waals surface area (Å²) in [5, 5.41) is 4.22. The van der Waals surface area contributed by atoms with Crippen molar-refractivity contribution in [2.75, 3.05) is 6.54 Å². The minimum absolute atomic E-state index is 0.0498. The second kappa shape index (κ2) is 5.39. The molecule has 1 N–H and O–H groups in total. The van der Waals surface area contributed by atoms with Crippen molar-refractivity contribution < 1.29 is 4.79 Å². The number of rotatable bonds is 3. The summed E-state index contributed by atoms with van der Waals surface area (Å²) >= 11 is 0. The van der Waals surface area contributed by atoms with Crippen LogP contribution in [-0.4, -0.2) is 29.8 Å². The van der Waals surface area contributed by atoms with Gasteiger partial charge in [0.05, 0.1) is 11.1 Å². The Morgan fingerprint density at radius 3 is 2.78 bits per heavy atom. The summed E-state index contributed by atoms with van der Waals surface area (Å²) in [6.07, 6.45) is 11.7. The van der Waals surface area contributed by atoms with Gasteiger partial charge in [-0.1, -0.05) is 0 Å². The highest BCUT2D eigenvalue weighted by atomic mass is 16.1. The van der Waals surface area contributed by atoms with Crippen LogP contribution >= 0.6 is 0 Å². The van der Waals surface area contributed by atoms with E-state index in [1.807, 2.05) is 31.7 Å². The van der Waals surface area contributed by atoms with Crippen molar-refractivity contribution in [1.29, 1.82) is 0 Å². The first-order valence-corrected chi connectivity index (χ1v) is 8.77. The van der Waals surface area contributed by atoms with Gasteiger partial charge in [-0.2, -0.15) is 0 Å². The summed E-state index contributed by atoms with van der Waals surface area (Å²) in [5.41, 5.74) is 3.11. The van der Waals surface area contributed by atoms with Gasteiger partial charge >= 0.3 is 0 Å². The highest BCUT2D eigenvalue weighted by molar-refractivity contribution is 6.38. The molecule has 0 aromatic carbocycles. The number of fused-ring (bicyclic) bond motifs is 4. The summed E-state index contributed by atoms with van der Waals surface area (Å²) in [5.74, 6) is 1.01. The van der Waals surface area contributed by atoms with Crippen LogP contribution in [0.4, 0.5) is 0 Å². The van der Waals surface area contributed by atoms with E-state index in [2.05, 4.69) is 10.3 Å². The normalized spacial score (nSPS) is 26.6. The van der Waals surface area contributed by atoms with Crippen molar-refractivity contribution in [2.24, 2.45) is 18.4 Å². The molecule has 5 heteroatoms. The van der Waals surface area contributed by atoms with Gasteiger partial charge in [-0.3, -0.25) is 9.78 Å². The molecule has 120 valence electrons. The van der Waals surface area contributed by atoms with Crippen LogP contribution in [0.1, 0.15) is 48.9 Å². The molecule has 2 heterocycles. The zero-order valence-corrected chi connectivity index (χ0v) is 14.1. The molecular formula is C18H24BN3O. The zero-order chi connectivity index (χ0) is 16.0. The van der Waals surface area contributed by atoms with E-state index < -0.39 is 0 Å². The second-order valence-corrected chi connectivity index (χ2v) is 7.61. The van der Waals surface area contributed by atoms with Crippen LogP contribution in [0.15, 0.2) is 18.5 Å². The third kappa shape index (κ3) is 2.46. The zero-order valence-electron chi connectivity index (χ0n) is 14.1. The fourth-order valence-corrected chi connectivity index (χ4v) is 4.65. The Hall–Kier alpha value is -1.78. The lowest BCUT2D eigenvalue weighted by molar-refractivity contribution is 0.0598. The van der Waals surface area contributed by atoms with Crippen LogP contribution in [0.5, 0.6) is 0 Å². The van der Waals surface area contributed by atoms with Gasteiger partial charge in [-0.25, -0.2) is 0 Å². The van der Waals surface area contributed by atoms with Crippen LogP contribution in [0.2, 0.25) is 0 Å². The Morgan fingerprint density at radius 2 is 2.09 bits per heavy atom. The van der Waals surface area contributed by atoms with Crippen molar-refractivity contribution in [3.05, 3.63) is 24.0 Å². The van der Waals surface area contributed by atoms with Crippen molar-refractivity contribution in [3.63, 3.8) is 0 Å². The molecule has 0 spiro atoms. The van der Waals surface area contributed by atoms with E-state index in [9.17, 15) is 4.79 Å². The monoisotopic (exact) mass is 309 g/mol. The van der Waals surface area contributed by atoms with E-state index in [-0.39, 0.29) is 5.91 Å². The summed E-state index contributed by atoms with van der Waals surface area (Å²) in [6.45, 7) is 0.828. The molecule has 3 saturated carbocycles. The first-order chi connectivity index (χ1) is 11.1. The third-order valence-corrected chi connectivity index (χ3v) is 6.21. The highest BCUT2D eigenvalue weighted by Crippen LogP contribution is 2.49. The molecule has 0 radical (unpaired) electrons. The molecule has 0 aliphatic heterocycles. The maximum absolute atomic E-state index is 12.8. The Labute approximate surface area is 138 Å². The molecule has 3 fully saturated rings. The van der Waals surface area contributed by atoms with E-state index in [4.69, 9.17) is 0 Å². The fraction of sp³-hybridized carbons (Fsp3) is 0.556. The standard InChI is InChI=1S/C18H24BN3O/c1-22-10-13(15-14(22)5-9-20-16(15)19)17(23)21-11-18-6-2-12(3-7-18)4-8-18/h5,9-10,12H,2-4,6-8,11,19H2,1H3,(H,21,23). The maximum atomic E-state index is 12.8. The summed E-state index contributed by atoms with van der Waals surface area (Å²) < 4.78 is 2.02. The first-order valence-electron chi connectivity index (χ1n) is 8.77. The molecule has 2 bridgehead atoms. The Balaban J connectivity index is 1.56. The van der Waals surface area contributed by atoms with Gasteiger partial charge < -0.3 is 9.88 Å². The summed E-state index contributed by atoms with van der Waals surface area (Å²) in [7, 11) is 3.96. The molecule has 2 aromatic heterocycles. The molecule has 2 aromatic rings. The van der Waals surface area contributed by atoms with Gasteiger partial charge in [0, 0.05) is 37.0 Å². The van der Waals surface area contributed by atoms with Gasteiger partial charge in [0.2, 0.25) is 0 Å². The largest absolute Gasteiger partial charge is 0.351 e. The predicted octanol–water partition coefficient (Wildman–Crippen LogP) is 1.53. The molecule has 0 atom stereocenters. The number of nitrogens with zero attached hydrogens (tertiary/aromatic N) is 2. The topological polar surface area (TPSA) is 46.9 Å². The molecule has 3 aliphatic carbocycles. The lowest BCUT2D eigenvalue weighted by atomic mass is 9.61. The van der Waals surface area contributed by atoms with Gasteiger partial charge in [0.25, 0.3) is 5.91 Å². The Kier molecular flexibility index (Phi) is 3.47. The number of aromatic nitrogens is 2. The first kappa shape index (κ1) is 14.8. The number of pyridine rings is 1. The van der Waals surface area contributed by atoms with Gasteiger partial charge in [0.1, 0.15) is 0 Å². The van der Waals surface area contributed by atoms with Gasteiger partial charge in [-0.05, 0) is 55.9 Å². The molecule has 0 unspecified atom stereocenters. The van der Waals surface area contributed by atoms with Crippen molar-refractivity contribution in [2.45, 2.75) is 38.5 Å². The Bertz CT molecular complexity index is 745. The molecule has 23 heavy (non-hydrogen) atoms. The maximum Gasteiger partial charge on any atom is 0.253 e. The minimum atomic E-state index is 0.0498. The quantitative estimate of drug-likeness (QED) is 0.874. The number of hydrogen-bond acceptors (Lipinski definition) is 2. The average Bonchev–Trinajstić information content (AvgIpc) is 2.93. The molecule has 3 aliphatic rings. The fourth-order valence-electron chi connectivity index (χ4n) is 4.65. The summed E-state index contributed by atoms with van der Waals surface area (Å²) in [4.78, 5) is 17.1. The number of nitrogens with one attached hydrogen (secondary N) is 1. The number of carbonyl (C=O) groups is 1. The lowest BCUT2D eigenvalue weighted by Gasteiger charge is -2.46. The molecule has 4 nitrogen and oxygen atoms in total. The molecule has 5 rings (SSSR count). The lowest BCUT2D eigenvalue weighted by Crippen LogP contribution is -2.43. The van der Waals surface area contributed by atoms with Crippen LogP contribution in [-0.2, 0) is 7.05 Å². The Morgan fingerprint density at radius 1 is 1.39 bits per heavy atom. The average molecular weight is 309 g/mol. The van der Waals surface area contributed by atoms with Gasteiger partial charge in [0.15, 0.2) is 7.85 Å². The van der Waals surface area contributed by atoms with E-state index in [1.165, 1.54) is 38.5 Å². The van der Waals surface area contributed by atoms with Gasteiger partial charge in [-0.15, -0.1) is 0 Å². The predicted molar refractivity (Wildman–Crippen MR) is 94.9 cm³/mol. The van der Waals surface area contributed by atoms with Crippen LogP contribution < -0.4 is 10.9 Å². The highest BCUT2D eigenvalue weighted by Gasteiger charge is 2.40. The number of aryl methyl sites for hydroxylation is 1. The van der Waals surface area contributed by atoms with Crippen molar-refractivity contribution in [3.8, 4) is 0 Å². The summed E-state index contributed by atoms with van der Waals surface area (Å²) in [6, 6.07) is 1.97. The number of hydrogen-bond donors (Lipinski definition) is 1. The van der Waals surface area contributed by atoms with E-state index in [1.54, 1.807) is 6.20 Å². The third-order valence-electron chi connectivity index (χ3n) is 6.21. The smallest absolute Gasteiger partial charge is 0.253 e. The van der Waals surface area contributed by atoms with E-state index in [0.29, 0.717) is 5.41 Å². The van der Waals surface area contributed by atoms with E-state index in [0.717, 1.165) is 34.5 Å². The molecule has 0 saturated heterocycles. The SMILES string of the molecule is Bc1nccc2c1c(C(=O)NCC13CCC(CC1)CC3)cn2C. The molecule has 1 amide bonds. The second-order valence-electron chi connectivity index (χ2n) is 7.61. The molecular weight excluding hydrogens is 285 g/mol. The van der Waals surface area contributed by atoms with E-state index >= 15 is 0 Å². The minimum Gasteiger partial charge on any atom is -0.351 e. The number of amides is 1. The van der Waals surface area contributed by atoms with Crippen molar-refractivity contribution in [1.82, 2.24) is 14.9 Å². The van der Waals surface area contributed by atoms with Crippen molar-refractivity contribution >= 4 is 30.2 Å².